The van der Waals surface area contributed by atoms with Crippen molar-refractivity contribution in [1.82, 2.24) is 5.32 Å². The Morgan fingerprint density at radius 2 is 2.00 bits per heavy atom. The van der Waals surface area contributed by atoms with E-state index in [1.54, 1.807) is 7.11 Å². The fraction of sp³-hybridized carbons (Fsp3) is 0.647. The third kappa shape index (κ3) is 5.33. The van der Waals surface area contributed by atoms with Gasteiger partial charge >= 0.3 is 0 Å². The second kappa shape index (κ2) is 8.34. The van der Waals surface area contributed by atoms with Crippen molar-refractivity contribution in [2.45, 2.75) is 46.6 Å². The lowest BCUT2D eigenvalue weighted by Gasteiger charge is -2.25. The van der Waals surface area contributed by atoms with Gasteiger partial charge in [-0.3, -0.25) is 0 Å². The first kappa shape index (κ1) is 16.2. The molecule has 2 heteroatoms. The van der Waals surface area contributed by atoms with Gasteiger partial charge < -0.3 is 10.1 Å². The summed E-state index contributed by atoms with van der Waals surface area (Å²) in [6.45, 7) is 10.7. The van der Waals surface area contributed by atoms with Crippen LogP contribution in [0.2, 0.25) is 0 Å². The molecular weight excluding hydrogens is 234 g/mol. The quantitative estimate of drug-likeness (QED) is 0.775. The lowest BCUT2D eigenvalue weighted by Crippen LogP contribution is -2.37. The summed E-state index contributed by atoms with van der Waals surface area (Å²) in [5.41, 5.74) is 4.21. The van der Waals surface area contributed by atoms with Crippen LogP contribution in [-0.4, -0.2) is 26.3 Å². The van der Waals surface area contributed by atoms with Gasteiger partial charge in [0, 0.05) is 19.8 Å². The Kier molecular flexibility index (Phi) is 7.11. The number of benzene rings is 1. The predicted molar refractivity (Wildman–Crippen MR) is 82.7 cm³/mol. The number of ether oxygens (including phenoxy) is 1. The highest BCUT2D eigenvalue weighted by Gasteiger charge is 2.17. The monoisotopic (exact) mass is 263 g/mol. The third-order valence-corrected chi connectivity index (χ3v) is 3.87. The lowest BCUT2D eigenvalue weighted by atomic mass is 9.90. The summed E-state index contributed by atoms with van der Waals surface area (Å²) in [5, 5.41) is 3.63. The van der Waals surface area contributed by atoms with Gasteiger partial charge in [-0.05, 0) is 50.3 Å². The Labute approximate surface area is 118 Å². The molecule has 1 N–H and O–H groups in total. The summed E-state index contributed by atoms with van der Waals surface area (Å²) < 4.78 is 5.21. The molecule has 2 nitrogen and oxygen atoms in total. The van der Waals surface area contributed by atoms with Crippen molar-refractivity contribution in [3.63, 3.8) is 0 Å². The van der Waals surface area contributed by atoms with E-state index in [9.17, 15) is 0 Å². The van der Waals surface area contributed by atoms with Crippen LogP contribution in [0, 0.1) is 19.8 Å². The highest BCUT2D eigenvalue weighted by atomic mass is 16.5. The van der Waals surface area contributed by atoms with Crippen LogP contribution >= 0.6 is 0 Å². The Balaban J connectivity index is 2.73. The maximum absolute atomic E-state index is 5.21. The molecule has 19 heavy (non-hydrogen) atoms. The smallest absolute Gasteiger partial charge is 0.0465 e. The van der Waals surface area contributed by atoms with Gasteiger partial charge in [0.2, 0.25) is 0 Å². The number of likely N-dealkylation sites (N-methyl/N-ethyl adjacent to an activating group) is 1. The molecule has 0 bridgehead atoms. The second-order valence-corrected chi connectivity index (χ2v) is 5.56. The summed E-state index contributed by atoms with van der Waals surface area (Å²) in [6.07, 6.45) is 2.21. The average molecular weight is 263 g/mol. The SMILES string of the molecule is CCNC(Cc1cc(C)ccc1C)C(C)CCOC. The van der Waals surface area contributed by atoms with Crippen LogP contribution < -0.4 is 5.32 Å². The number of methoxy groups -OCH3 is 1. The molecule has 0 saturated heterocycles. The van der Waals surface area contributed by atoms with Crippen LogP contribution in [0.25, 0.3) is 0 Å². The van der Waals surface area contributed by atoms with Crippen molar-refractivity contribution in [2.75, 3.05) is 20.3 Å². The first-order chi connectivity index (χ1) is 9.08. The van der Waals surface area contributed by atoms with E-state index >= 15 is 0 Å². The van der Waals surface area contributed by atoms with Crippen molar-refractivity contribution < 1.29 is 4.74 Å². The third-order valence-electron chi connectivity index (χ3n) is 3.87. The zero-order valence-corrected chi connectivity index (χ0v) is 13.1. The van der Waals surface area contributed by atoms with E-state index in [4.69, 9.17) is 4.74 Å². The van der Waals surface area contributed by atoms with Gasteiger partial charge in [-0.2, -0.15) is 0 Å². The fourth-order valence-corrected chi connectivity index (χ4v) is 2.50. The van der Waals surface area contributed by atoms with Crippen molar-refractivity contribution in [1.29, 1.82) is 0 Å². The van der Waals surface area contributed by atoms with Crippen LogP contribution in [0.1, 0.15) is 37.0 Å². The maximum atomic E-state index is 5.21. The van der Waals surface area contributed by atoms with Gasteiger partial charge in [0.05, 0.1) is 0 Å². The van der Waals surface area contributed by atoms with Gasteiger partial charge in [-0.15, -0.1) is 0 Å². The number of hydrogen-bond acceptors (Lipinski definition) is 2. The predicted octanol–water partition coefficient (Wildman–Crippen LogP) is 3.50. The molecule has 0 aliphatic rings. The van der Waals surface area contributed by atoms with E-state index in [1.165, 1.54) is 16.7 Å². The van der Waals surface area contributed by atoms with Gasteiger partial charge in [-0.25, -0.2) is 0 Å². The number of aryl methyl sites for hydroxylation is 2. The Morgan fingerprint density at radius 1 is 1.26 bits per heavy atom. The van der Waals surface area contributed by atoms with Crippen LogP contribution in [0.15, 0.2) is 18.2 Å². The molecule has 1 aromatic rings. The number of rotatable bonds is 8. The standard InChI is InChI=1S/C17H29NO/c1-6-18-17(15(4)9-10-19-5)12-16-11-13(2)7-8-14(16)3/h7-8,11,15,17-18H,6,9-10,12H2,1-5H3. The molecule has 0 radical (unpaired) electrons. The van der Waals surface area contributed by atoms with E-state index in [0.29, 0.717) is 12.0 Å². The van der Waals surface area contributed by atoms with E-state index < -0.39 is 0 Å². The first-order valence-electron chi connectivity index (χ1n) is 7.37. The fourth-order valence-electron chi connectivity index (χ4n) is 2.50. The normalized spacial score (nSPS) is 14.4. The topological polar surface area (TPSA) is 21.3 Å². The molecule has 1 rings (SSSR count). The number of nitrogens with one attached hydrogen (secondary N) is 1. The van der Waals surface area contributed by atoms with Crippen molar-refractivity contribution in [3.05, 3.63) is 34.9 Å². The average Bonchev–Trinajstić information content (AvgIpc) is 2.39. The molecule has 0 saturated carbocycles. The molecule has 0 heterocycles. The minimum atomic E-state index is 0.528. The summed E-state index contributed by atoms with van der Waals surface area (Å²) >= 11 is 0. The molecule has 0 aliphatic carbocycles. The Bertz CT molecular complexity index is 376. The summed E-state index contributed by atoms with van der Waals surface area (Å²) in [5.74, 6) is 0.625. The van der Waals surface area contributed by atoms with Gasteiger partial charge in [0.1, 0.15) is 0 Å². The molecule has 108 valence electrons. The van der Waals surface area contributed by atoms with E-state index in [-0.39, 0.29) is 0 Å². The van der Waals surface area contributed by atoms with Crippen LogP contribution in [0.4, 0.5) is 0 Å². The van der Waals surface area contributed by atoms with E-state index in [1.807, 2.05) is 0 Å². The minimum absolute atomic E-state index is 0.528. The highest BCUT2D eigenvalue weighted by molar-refractivity contribution is 5.31. The molecule has 0 spiro atoms. The molecule has 0 aromatic heterocycles. The Morgan fingerprint density at radius 3 is 2.63 bits per heavy atom. The van der Waals surface area contributed by atoms with Gasteiger partial charge in [0.15, 0.2) is 0 Å². The molecule has 1 aromatic carbocycles. The van der Waals surface area contributed by atoms with E-state index in [2.05, 4.69) is 51.2 Å². The first-order valence-corrected chi connectivity index (χ1v) is 7.37. The minimum Gasteiger partial charge on any atom is -0.385 e. The molecule has 0 amide bonds. The summed E-state index contributed by atoms with van der Waals surface area (Å²) in [6, 6.07) is 7.27. The van der Waals surface area contributed by atoms with Crippen molar-refractivity contribution >= 4 is 0 Å². The molecule has 0 fully saturated rings. The van der Waals surface area contributed by atoms with E-state index in [0.717, 1.165) is 26.0 Å². The van der Waals surface area contributed by atoms with Crippen LogP contribution in [0.5, 0.6) is 0 Å². The van der Waals surface area contributed by atoms with Gasteiger partial charge in [0.25, 0.3) is 0 Å². The molecule has 0 aliphatic heterocycles. The molecule has 2 unspecified atom stereocenters. The maximum Gasteiger partial charge on any atom is 0.0465 e. The zero-order chi connectivity index (χ0) is 14.3. The van der Waals surface area contributed by atoms with Crippen molar-refractivity contribution in [3.8, 4) is 0 Å². The largest absolute Gasteiger partial charge is 0.385 e. The number of hydrogen-bond donors (Lipinski definition) is 1. The Hall–Kier alpha value is -0.860. The zero-order valence-electron chi connectivity index (χ0n) is 13.1. The molecular formula is C17H29NO. The van der Waals surface area contributed by atoms with Crippen molar-refractivity contribution in [2.24, 2.45) is 5.92 Å². The summed E-state index contributed by atoms with van der Waals surface area (Å²) in [4.78, 5) is 0. The highest BCUT2D eigenvalue weighted by Crippen LogP contribution is 2.18. The van der Waals surface area contributed by atoms with Gasteiger partial charge in [-0.1, -0.05) is 37.6 Å². The lowest BCUT2D eigenvalue weighted by molar-refractivity contribution is 0.170. The summed E-state index contributed by atoms with van der Waals surface area (Å²) in [7, 11) is 1.78. The van der Waals surface area contributed by atoms with Crippen LogP contribution in [0.3, 0.4) is 0 Å². The molecule has 2 atom stereocenters. The van der Waals surface area contributed by atoms with Crippen LogP contribution in [-0.2, 0) is 11.2 Å². The second-order valence-electron chi connectivity index (χ2n) is 5.56.